The van der Waals surface area contributed by atoms with Gasteiger partial charge in [0.25, 0.3) is 11.1 Å². The molecule has 7 aromatic rings. The molecule has 0 fully saturated rings. The summed E-state index contributed by atoms with van der Waals surface area (Å²) in [6.07, 6.45) is 0. The van der Waals surface area contributed by atoms with Gasteiger partial charge in [0.1, 0.15) is 11.2 Å². The van der Waals surface area contributed by atoms with Crippen LogP contribution in [0.1, 0.15) is 59.1 Å². The van der Waals surface area contributed by atoms with Crippen molar-refractivity contribution >= 4 is 56.6 Å². The van der Waals surface area contributed by atoms with Crippen molar-refractivity contribution < 1.29 is 42.4 Å². The van der Waals surface area contributed by atoms with Gasteiger partial charge in [-0.1, -0.05) is 58.8 Å². The number of hydrogen-bond donors (Lipinski definition) is 2. The molecule has 54 heavy (non-hydrogen) atoms. The van der Waals surface area contributed by atoms with E-state index in [9.17, 15) is 14.4 Å². The molecule has 14 heteroatoms. The molecule has 0 radical (unpaired) electrons. The highest BCUT2D eigenvalue weighted by Crippen LogP contribution is 2.32. The van der Waals surface area contributed by atoms with E-state index < -0.39 is 17.2 Å². The van der Waals surface area contributed by atoms with Crippen LogP contribution < -0.4 is 5.73 Å². The van der Waals surface area contributed by atoms with E-state index in [1.807, 2.05) is 52.0 Å². The molecule has 3 N–H and O–H groups in total. The quantitative estimate of drug-likeness (QED) is 0.0411. The van der Waals surface area contributed by atoms with Gasteiger partial charge in [-0.05, 0) is 97.9 Å². The van der Waals surface area contributed by atoms with E-state index in [0.29, 0.717) is 34.2 Å². The first-order chi connectivity index (χ1) is 25.8. The number of halogens is 1. The van der Waals surface area contributed by atoms with Crippen LogP contribution in [-0.2, 0) is 9.47 Å². The lowest BCUT2D eigenvalue weighted by Gasteiger charge is -2.00. The zero-order valence-electron chi connectivity index (χ0n) is 30.1. The molecule has 0 bridgehead atoms. The summed E-state index contributed by atoms with van der Waals surface area (Å²) in [7, 11) is 2.65. The Morgan fingerprint density at radius 3 is 1.67 bits per heavy atom. The number of aryl methyl sites for hydroxylation is 4. The van der Waals surface area contributed by atoms with E-state index in [1.165, 1.54) is 14.2 Å². The summed E-state index contributed by atoms with van der Waals surface area (Å²) >= 11 is 5.35. The van der Waals surface area contributed by atoms with Crippen LogP contribution in [-0.4, -0.2) is 52.6 Å². The fourth-order valence-corrected chi connectivity index (χ4v) is 5.35. The molecule has 3 aromatic heterocycles. The molecule has 0 aliphatic heterocycles. The molecule has 0 saturated carbocycles. The van der Waals surface area contributed by atoms with Gasteiger partial charge in [0.05, 0.1) is 25.3 Å². The highest BCUT2D eigenvalue weighted by molar-refractivity contribution is 6.67. The van der Waals surface area contributed by atoms with Crippen LogP contribution >= 0.6 is 11.6 Å². The van der Waals surface area contributed by atoms with Gasteiger partial charge in [-0.25, -0.2) is 9.59 Å². The van der Waals surface area contributed by atoms with Gasteiger partial charge in [-0.15, -0.1) is 0 Å². The number of carbonyl (C=O) groups is 3. The summed E-state index contributed by atoms with van der Waals surface area (Å²) in [5.41, 5.74) is 13.3. The first kappa shape index (κ1) is 38.5. The predicted octanol–water partition coefficient (Wildman–Crippen LogP) is 8.55. The van der Waals surface area contributed by atoms with E-state index in [1.54, 1.807) is 54.6 Å². The maximum atomic E-state index is 11.5. The van der Waals surface area contributed by atoms with Crippen molar-refractivity contribution in [3.8, 4) is 23.0 Å². The number of oxime groups is 1. The minimum absolute atomic E-state index is 0.00131. The highest BCUT2D eigenvalue weighted by Gasteiger charge is 2.17. The normalized spacial score (nSPS) is 11.0. The monoisotopic (exact) mass is 750 g/mol. The van der Waals surface area contributed by atoms with Crippen LogP contribution in [0.3, 0.4) is 0 Å². The van der Waals surface area contributed by atoms with Crippen LogP contribution in [0.4, 0.5) is 0 Å². The van der Waals surface area contributed by atoms with E-state index >= 15 is 0 Å². The maximum Gasteiger partial charge on any atom is 0.337 e. The Morgan fingerprint density at radius 2 is 1.19 bits per heavy atom. The van der Waals surface area contributed by atoms with E-state index in [-0.39, 0.29) is 11.6 Å². The summed E-state index contributed by atoms with van der Waals surface area (Å²) in [4.78, 5) is 37.9. The number of fused-ring (bicyclic) bond motifs is 2. The number of carbonyl (C=O) groups excluding carboxylic acids is 3. The van der Waals surface area contributed by atoms with Gasteiger partial charge in [0.15, 0.2) is 17.4 Å². The molecule has 3 heterocycles. The van der Waals surface area contributed by atoms with E-state index in [4.69, 9.17) is 40.6 Å². The first-order valence-electron chi connectivity index (χ1n) is 16.2. The number of hydrogen-bond acceptors (Lipinski definition) is 12. The molecule has 0 atom stereocenters. The van der Waals surface area contributed by atoms with Crippen LogP contribution in [0, 0.1) is 27.7 Å². The number of methoxy groups -OCH3 is 2. The van der Waals surface area contributed by atoms with Crippen LogP contribution in [0.2, 0.25) is 0 Å². The fraction of sp³-hybridized carbons (Fsp3) is 0.150. The molecular weight excluding hydrogens is 716 g/mol. The van der Waals surface area contributed by atoms with Gasteiger partial charge < -0.3 is 33.8 Å². The van der Waals surface area contributed by atoms with Crippen molar-refractivity contribution in [3.63, 3.8) is 0 Å². The second kappa shape index (κ2) is 16.7. The molecule has 0 spiro atoms. The minimum Gasteiger partial charge on any atom is -0.465 e. The number of benzene rings is 4. The van der Waals surface area contributed by atoms with E-state index in [2.05, 4.69) is 26.1 Å². The maximum absolute atomic E-state index is 11.5. The Balaban J connectivity index is 0.000000170. The van der Waals surface area contributed by atoms with Gasteiger partial charge in [-0.3, -0.25) is 4.79 Å². The molecule has 276 valence electrons. The number of ether oxygens (including phenoxy) is 2. The molecular formula is C40H35ClN4O9. The lowest BCUT2D eigenvalue weighted by Crippen LogP contribution is -2.13. The van der Waals surface area contributed by atoms with Crippen molar-refractivity contribution in [1.82, 2.24) is 10.1 Å². The van der Waals surface area contributed by atoms with Crippen molar-refractivity contribution in [2.45, 2.75) is 27.7 Å². The number of nitrogens with two attached hydrogens (primary N) is 1. The molecule has 0 aliphatic rings. The second-order valence-corrected chi connectivity index (χ2v) is 12.3. The number of esters is 2. The van der Waals surface area contributed by atoms with Crippen molar-refractivity contribution in [2.75, 3.05) is 14.2 Å². The SMILES string of the molecule is COC(=O)c1ccc(-c2noc(-c3cc4c(C)ccc(C)c4o3)n2)cc1.COC(=O)c1ccc(/C(N)=N/O)cc1.Cc1ccc(C)c2oc(C(=O)Cl)cc12. The number of aromatic nitrogens is 2. The zero-order chi connectivity index (χ0) is 39.1. The smallest absolute Gasteiger partial charge is 0.337 e. The standard InChI is InChI=1S/C20H16N2O4.C11H9ClO2.C9H10N2O3/c1-11-4-5-12(2)17-15(11)10-16(25-17)19-21-18(22-26-19)13-6-8-14(9-7-13)20(23)24-3;1-6-3-4-7(2)10-8(6)5-9(14-10)11(12)13;1-14-9(12)7-4-2-6(3-5-7)8(10)11-13/h4-10H,1-3H3;3-5H,1-2H3;2-5,13H,1H3,(H2,10,11). The Bertz CT molecular complexity index is 2420. The number of furan rings is 2. The van der Waals surface area contributed by atoms with Crippen molar-refractivity contribution in [2.24, 2.45) is 10.9 Å². The molecule has 4 aromatic carbocycles. The Labute approximate surface area is 313 Å². The van der Waals surface area contributed by atoms with Crippen LogP contribution in [0.5, 0.6) is 0 Å². The average Bonchev–Trinajstić information content (AvgIpc) is 3.98. The topological polar surface area (TPSA) is 193 Å². The lowest BCUT2D eigenvalue weighted by molar-refractivity contribution is 0.0592. The third-order valence-electron chi connectivity index (χ3n) is 8.30. The summed E-state index contributed by atoms with van der Waals surface area (Å²) in [6.45, 7) is 7.94. The fourth-order valence-electron chi connectivity index (χ4n) is 5.25. The third kappa shape index (κ3) is 8.48. The third-order valence-corrected chi connectivity index (χ3v) is 8.49. The Hall–Kier alpha value is -6.73. The number of nitrogens with zero attached hydrogens (tertiary/aromatic N) is 3. The van der Waals surface area contributed by atoms with Gasteiger partial charge in [0, 0.05) is 21.9 Å². The Kier molecular flexibility index (Phi) is 11.9. The average molecular weight is 751 g/mol. The van der Waals surface area contributed by atoms with Crippen molar-refractivity contribution in [1.29, 1.82) is 0 Å². The molecule has 13 nitrogen and oxygen atoms in total. The number of rotatable bonds is 6. The molecule has 0 unspecified atom stereocenters. The summed E-state index contributed by atoms with van der Waals surface area (Å²) in [6, 6.07) is 24.7. The molecule has 0 aliphatic carbocycles. The summed E-state index contributed by atoms with van der Waals surface area (Å²) in [5.74, 6) is 0.662. The zero-order valence-corrected chi connectivity index (χ0v) is 30.8. The molecule has 0 amide bonds. The van der Waals surface area contributed by atoms with Gasteiger partial charge in [-0.2, -0.15) is 4.98 Å². The summed E-state index contributed by atoms with van der Waals surface area (Å²) in [5, 5.41) is 16.7. The van der Waals surface area contributed by atoms with Crippen LogP contribution in [0.15, 0.2) is 103 Å². The lowest BCUT2D eigenvalue weighted by atomic mass is 10.1. The van der Waals surface area contributed by atoms with Crippen molar-refractivity contribution in [3.05, 3.63) is 130 Å². The van der Waals surface area contributed by atoms with Gasteiger partial charge >= 0.3 is 11.9 Å². The summed E-state index contributed by atoms with van der Waals surface area (Å²) < 4.78 is 25.9. The second-order valence-electron chi connectivity index (χ2n) is 11.9. The van der Waals surface area contributed by atoms with Crippen LogP contribution in [0.25, 0.3) is 45.0 Å². The molecule has 7 rings (SSSR count). The highest BCUT2D eigenvalue weighted by atomic mass is 35.5. The Morgan fingerprint density at radius 1 is 0.704 bits per heavy atom. The largest absolute Gasteiger partial charge is 0.465 e. The minimum atomic E-state index is -0.556. The van der Waals surface area contributed by atoms with E-state index in [0.717, 1.165) is 49.8 Å². The predicted molar refractivity (Wildman–Crippen MR) is 202 cm³/mol. The van der Waals surface area contributed by atoms with Gasteiger partial charge in [0.2, 0.25) is 5.82 Å². The number of amidine groups is 1. The first-order valence-corrected chi connectivity index (χ1v) is 16.6. The molecule has 0 saturated heterocycles.